The zero-order valence-corrected chi connectivity index (χ0v) is 9.61. The van der Waals surface area contributed by atoms with Gasteiger partial charge in [0.2, 0.25) is 0 Å². The highest BCUT2D eigenvalue weighted by molar-refractivity contribution is 5.94. The number of nitrogen functional groups attached to an aromatic ring is 1. The van der Waals surface area contributed by atoms with Crippen LogP contribution in [0.15, 0.2) is 18.3 Å². The molecule has 3 N–H and O–H groups in total. The monoisotopic (exact) mass is 218 g/mol. The van der Waals surface area contributed by atoms with E-state index in [2.05, 4.69) is 16.8 Å². The number of nitrogens with one attached hydrogen (secondary N) is 1. The number of aromatic nitrogens is 1. The molecule has 16 heavy (non-hydrogen) atoms. The van der Waals surface area contributed by atoms with Gasteiger partial charge < -0.3 is 5.73 Å². The van der Waals surface area contributed by atoms with E-state index in [0.717, 1.165) is 24.7 Å². The third-order valence-corrected chi connectivity index (χ3v) is 2.99. The molecule has 0 saturated heterocycles. The second kappa shape index (κ2) is 4.61. The Balaban J connectivity index is 2.15. The van der Waals surface area contributed by atoms with Crippen molar-refractivity contribution in [2.75, 3.05) is 6.54 Å². The molecule has 1 fully saturated rings. The number of hydrogen-bond donors (Lipinski definition) is 2. The Hall–Kier alpha value is -1.42. The number of nitrogens with zero attached hydrogens (tertiary/aromatic N) is 2. The van der Waals surface area contributed by atoms with E-state index in [1.165, 1.54) is 12.8 Å². The molecule has 0 bridgehead atoms. The van der Waals surface area contributed by atoms with Crippen LogP contribution < -0.4 is 5.73 Å². The van der Waals surface area contributed by atoms with Crippen molar-refractivity contribution in [3.05, 3.63) is 29.6 Å². The number of hydrogen-bond acceptors (Lipinski definition) is 3. The summed E-state index contributed by atoms with van der Waals surface area (Å²) in [4.78, 5) is 6.59. The lowest BCUT2D eigenvalue weighted by Gasteiger charge is -2.20. The molecule has 1 heterocycles. The van der Waals surface area contributed by atoms with Crippen LogP contribution in [0.5, 0.6) is 0 Å². The van der Waals surface area contributed by atoms with E-state index in [1.807, 2.05) is 12.1 Å². The quantitative estimate of drug-likeness (QED) is 0.579. The van der Waals surface area contributed by atoms with Crippen LogP contribution in [0.3, 0.4) is 0 Å². The summed E-state index contributed by atoms with van der Waals surface area (Å²) in [6.07, 6.45) is 4.28. The molecule has 0 unspecified atom stereocenters. The first kappa shape index (κ1) is 11.1. The van der Waals surface area contributed by atoms with E-state index in [4.69, 9.17) is 11.1 Å². The molecule has 1 aromatic rings. The summed E-state index contributed by atoms with van der Waals surface area (Å²) < 4.78 is 0. The second-order valence-corrected chi connectivity index (χ2v) is 4.22. The molecule has 0 amide bonds. The summed E-state index contributed by atoms with van der Waals surface area (Å²) in [5, 5.41) is 7.50. The summed E-state index contributed by atoms with van der Waals surface area (Å²) in [5.41, 5.74) is 7.21. The molecule has 0 spiro atoms. The van der Waals surface area contributed by atoms with Crippen LogP contribution in [0.25, 0.3) is 0 Å². The summed E-state index contributed by atoms with van der Waals surface area (Å²) in [7, 11) is 0. The Labute approximate surface area is 96.0 Å². The van der Waals surface area contributed by atoms with E-state index < -0.39 is 0 Å². The molecular formula is C12H18N4. The van der Waals surface area contributed by atoms with Gasteiger partial charge in [0, 0.05) is 18.8 Å². The lowest BCUT2D eigenvalue weighted by atomic mass is 10.1. The van der Waals surface area contributed by atoms with Crippen LogP contribution in [0.4, 0.5) is 0 Å². The van der Waals surface area contributed by atoms with Gasteiger partial charge >= 0.3 is 0 Å². The lowest BCUT2D eigenvalue weighted by molar-refractivity contribution is 0.269. The van der Waals surface area contributed by atoms with Gasteiger partial charge in [-0.1, -0.05) is 13.0 Å². The van der Waals surface area contributed by atoms with Crippen LogP contribution >= 0.6 is 0 Å². The van der Waals surface area contributed by atoms with E-state index in [1.54, 1.807) is 6.20 Å². The first-order valence-corrected chi connectivity index (χ1v) is 5.74. The van der Waals surface area contributed by atoms with Gasteiger partial charge in [0.25, 0.3) is 0 Å². The molecule has 0 radical (unpaired) electrons. The highest BCUT2D eigenvalue weighted by Crippen LogP contribution is 2.28. The van der Waals surface area contributed by atoms with Crippen LogP contribution in [-0.4, -0.2) is 28.3 Å². The fraction of sp³-hybridized carbons (Fsp3) is 0.500. The van der Waals surface area contributed by atoms with Crippen LogP contribution in [0.1, 0.15) is 31.0 Å². The minimum Gasteiger partial charge on any atom is -0.382 e. The first-order chi connectivity index (χ1) is 7.72. The van der Waals surface area contributed by atoms with Gasteiger partial charge in [0.15, 0.2) is 0 Å². The number of rotatable bonds is 5. The van der Waals surface area contributed by atoms with E-state index >= 15 is 0 Å². The number of pyridine rings is 1. The van der Waals surface area contributed by atoms with Crippen molar-refractivity contribution in [1.29, 1.82) is 5.41 Å². The third-order valence-electron chi connectivity index (χ3n) is 2.99. The fourth-order valence-electron chi connectivity index (χ4n) is 1.97. The second-order valence-electron chi connectivity index (χ2n) is 4.22. The minimum absolute atomic E-state index is 0.0578. The van der Waals surface area contributed by atoms with Crippen molar-refractivity contribution in [2.24, 2.45) is 5.73 Å². The van der Waals surface area contributed by atoms with Gasteiger partial charge in [-0.15, -0.1) is 0 Å². The van der Waals surface area contributed by atoms with E-state index in [9.17, 15) is 0 Å². The Kier molecular flexibility index (Phi) is 3.19. The lowest BCUT2D eigenvalue weighted by Crippen LogP contribution is -2.27. The Morgan fingerprint density at radius 3 is 2.94 bits per heavy atom. The standard InChI is InChI=1S/C12H18N4/c1-2-16(10-5-6-10)8-9-4-3-7-15-11(9)12(13)14/h3-4,7,10H,2,5-6,8H2,1H3,(H3,13,14). The van der Waals surface area contributed by atoms with Gasteiger partial charge in [-0.05, 0) is 31.0 Å². The molecule has 0 atom stereocenters. The largest absolute Gasteiger partial charge is 0.382 e. The van der Waals surface area contributed by atoms with Crippen molar-refractivity contribution >= 4 is 5.84 Å². The van der Waals surface area contributed by atoms with Crippen molar-refractivity contribution in [2.45, 2.75) is 32.4 Å². The fourth-order valence-corrected chi connectivity index (χ4v) is 1.97. The molecule has 0 aromatic carbocycles. The van der Waals surface area contributed by atoms with Gasteiger partial charge in [-0.2, -0.15) is 0 Å². The van der Waals surface area contributed by atoms with Crippen LogP contribution in [-0.2, 0) is 6.54 Å². The molecule has 1 aromatic heterocycles. The molecule has 86 valence electrons. The van der Waals surface area contributed by atoms with Crippen molar-refractivity contribution in [1.82, 2.24) is 9.88 Å². The normalized spacial score (nSPS) is 15.4. The van der Waals surface area contributed by atoms with Crippen LogP contribution in [0.2, 0.25) is 0 Å². The first-order valence-electron chi connectivity index (χ1n) is 5.74. The number of amidine groups is 1. The average molecular weight is 218 g/mol. The van der Waals surface area contributed by atoms with E-state index in [0.29, 0.717) is 5.69 Å². The summed E-state index contributed by atoms with van der Waals surface area (Å²) in [6.45, 7) is 4.06. The highest BCUT2D eigenvalue weighted by atomic mass is 15.2. The predicted octanol–water partition coefficient (Wildman–Crippen LogP) is 1.35. The summed E-state index contributed by atoms with van der Waals surface area (Å²) in [5.74, 6) is 0.0578. The van der Waals surface area contributed by atoms with E-state index in [-0.39, 0.29) is 5.84 Å². The maximum atomic E-state index is 7.50. The summed E-state index contributed by atoms with van der Waals surface area (Å²) in [6, 6.07) is 4.64. The predicted molar refractivity (Wildman–Crippen MR) is 64.4 cm³/mol. The van der Waals surface area contributed by atoms with Gasteiger partial charge in [0.1, 0.15) is 11.5 Å². The molecular weight excluding hydrogens is 200 g/mol. The molecule has 4 heteroatoms. The molecule has 1 aliphatic rings. The molecule has 1 aliphatic carbocycles. The Bertz CT molecular complexity index is 384. The summed E-state index contributed by atoms with van der Waals surface area (Å²) >= 11 is 0. The van der Waals surface area contributed by atoms with Gasteiger partial charge in [-0.25, -0.2) is 0 Å². The van der Waals surface area contributed by atoms with Crippen LogP contribution in [0, 0.1) is 5.41 Å². The average Bonchev–Trinajstić information content (AvgIpc) is 3.10. The smallest absolute Gasteiger partial charge is 0.142 e. The van der Waals surface area contributed by atoms with Crippen molar-refractivity contribution in [3.8, 4) is 0 Å². The maximum Gasteiger partial charge on any atom is 0.142 e. The maximum absolute atomic E-state index is 7.50. The zero-order chi connectivity index (χ0) is 11.5. The van der Waals surface area contributed by atoms with Gasteiger partial charge in [-0.3, -0.25) is 15.3 Å². The zero-order valence-electron chi connectivity index (χ0n) is 9.61. The minimum atomic E-state index is 0.0578. The SMILES string of the molecule is CCN(Cc1cccnc1C(=N)N)C1CC1. The molecule has 2 rings (SSSR count). The molecule has 0 aliphatic heterocycles. The molecule has 1 saturated carbocycles. The van der Waals surface area contributed by atoms with Crippen molar-refractivity contribution < 1.29 is 0 Å². The molecule has 4 nitrogen and oxygen atoms in total. The topological polar surface area (TPSA) is 66.0 Å². The Morgan fingerprint density at radius 2 is 2.38 bits per heavy atom. The Morgan fingerprint density at radius 1 is 1.62 bits per heavy atom. The van der Waals surface area contributed by atoms with Crippen molar-refractivity contribution in [3.63, 3.8) is 0 Å². The van der Waals surface area contributed by atoms with Gasteiger partial charge in [0.05, 0.1) is 0 Å². The highest BCUT2D eigenvalue weighted by Gasteiger charge is 2.28. The number of nitrogens with two attached hydrogens (primary N) is 1. The third kappa shape index (κ3) is 2.39.